The zero-order chi connectivity index (χ0) is 11.1. The molecule has 0 aliphatic heterocycles. The Bertz CT molecular complexity index is 162. The lowest BCUT2D eigenvalue weighted by atomic mass is 10.2. The van der Waals surface area contributed by atoms with Crippen molar-refractivity contribution < 1.29 is 9.53 Å². The Balaban J connectivity index is 4.03. The predicted octanol–water partition coefficient (Wildman–Crippen LogP) is 1.46. The summed E-state index contributed by atoms with van der Waals surface area (Å²) in [6.07, 6.45) is 0. The fourth-order valence-electron chi connectivity index (χ4n) is 1.42. The number of rotatable bonds is 5. The van der Waals surface area contributed by atoms with Gasteiger partial charge in [-0.3, -0.25) is 0 Å². The van der Waals surface area contributed by atoms with Gasteiger partial charge in [0.15, 0.2) is 0 Å². The second-order valence-electron chi connectivity index (χ2n) is 3.82. The van der Waals surface area contributed by atoms with Gasteiger partial charge in [0, 0.05) is 25.7 Å². The summed E-state index contributed by atoms with van der Waals surface area (Å²) in [7, 11) is 1.62. The van der Waals surface area contributed by atoms with E-state index in [1.807, 2.05) is 32.6 Å². The Hall–Kier alpha value is -0.770. The zero-order valence-corrected chi connectivity index (χ0v) is 9.83. The van der Waals surface area contributed by atoms with Crippen molar-refractivity contribution in [1.82, 2.24) is 10.2 Å². The molecule has 0 fully saturated rings. The van der Waals surface area contributed by atoms with Crippen LogP contribution in [0.3, 0.4) is 0 Å². The number of carbonyl (C=O) groups is 1. The van der Waals surface area contributed by atoms with Crippen LogP contribution in [0.2, 0.25) is 0 Å². The molecule has 0 aliphatic rings. The summed E-state index contributed by atoms with van der Waals surface area (Å²) in [5.41, 5.74) is 0. The number of nitrogens with zero attached hydrogens (tertiary/aromatic N) is 1. The van der Waals surface area contributed by atoms with Gasteiger partial charge in [0.2, 0.25) is 0 Å². The van der Waals surface area contributed by atoms with Gasteiger partial charge in [0.25, 0.3) is 0 Å². The highest BCUT2D eigenvalue weighted by Gasteiger charge is 2.18. The second-order valence-corrected chi connectivity index (χ2v) is 3.82. The van der Waals surface area contributed by atoms with Gasteiger partial charge < -0.3 is 15.0 Å². The van der Waals surface area contributed by atoms with Crippen LogP contribution in [0.15, 0.2) is 0 Å². The van der Waals surface area contributed by atoms with Crippen molar-refractivity contribution in [1.29, 1.82) is 0 Å². The third-order valence-corrected chi connectivity index (χ3v) is 1.93. The van der Waals surface area contributed by atoms with Gasteiger partial charge in [0.1, 0.15) is 0 Å². The van der Waals surface area contributed by atoms with Crippen molar-refractivity contribution in [2.45, 2.75) is 39.8 Å². The first-order valence-electron chi connectivity index (χ1n) is 5.05. The van der Waals surface area contributed by atoms with Crippen LogP contribution in [-0.2, 0) is 4.74 Å². The van der Waals surface area contributed by atoms with Crippen molar-refractivity contribution in [3.63, 3.8) is 0 Å². The maximum absolute atomic E-state index is 11.7. The first-order chi connectivity index (χ1) is 6.50. The summed E-state index contributed by atoms with van der Waals surface area (Å²) in [5, 5.41) is 2.81. The van der Waals surface area contributed by atoms with Crippen molar-refractivity contribution in [3.05, 3.63) is 0 Å². The number of ether oxygens (including phenoxy) is 1. The number of methoxy groups -OCH3 is 1. The van der Waals surface area contributed by atoms with E-state index < -0.39 is 0 Å². The lowest BCUT2D eigenvalue weighted by molar-refractivity contribution is 0.156. The molecule has 14 heavy (non-hydrogen) atoms. The van der Waals surface area contributed by atoms with E-state index in [9.17, 15) is 4.79 Å². The molecule has 0 rings (SSSR count). The van der Waals surface area contributed by atoms with Crippen LogP contribution in [0, 0.1) is 0 Å². The van der Waals surface area contributed by atoms with Gasteiger partial charge >= 0.3 is 6.03 Å². The SMILES string of the molecule is COCCNC(=O)N(C(C)C)C(C)C. The standard InChI is InChI=1S/C10H22N2O2/c1-8(2)12(9(3)4)10(13)11-6-7-14-5/h8-9H,6-7H2,1-5H3,(H,11,13). The number of hydrogen-bond acceptors (Lipinski definition) is 2. The summed E-state index contributed by atoms with van der Waals surface area (Å²) in [4.78, 5) is 13.5. The highest BCUT2D eigenvalue weighted by Crippen LogP contribution is 2.04. The molecule has 4 heteroatoms. The number of carbonyl (C=O) groups excluding carboxylic acids is 1. The van der Waals surface area contributed by atoms with Gasteiger partial charge in [-0.1, -0.05) is 0 Å². The molecule has 0 atom stereocenters. The van der Waals surface area contributed by atoms with Crippen molar-refractivity contribution in [2.75, 3.05) is 20.3 Å². The van der Waals surface area contributed by atoms with Gasteiger partial charge in [-0.25, -0.2) is 4.79 Å². The first-order valence-corrected chi connectivity index (χ1v) is 5.05. The van der Waals surface area contributed by atoms with Crippen LogP contribution in [-0.4, -0.2) is 43.3 Å². The topological polar surface area (TPSA) is 41.6 Å². The van der Waals surface area contributed by atoms with Crippen LogP contribution in [0.4, 0.5) is 4.79 Å². The number of hydrogen-bond donors (Lipinski definition) is 1. The molecular formula is C10H22N2O2. The highest BCUT2D eigenvalue weighted by atomic mass is 16.5. The third-order valence-electron chi connectivity index (χ3n) is 1.93. The number of nitrogens with one attached hydrogen (secondary N) is 1. The zero-order valence-electron chi connectivity index (χ0n) is 9.83. The Morgan fingerprint density at radius 2 is 1.79 bits per heavy atom. The fourth-order valence-corrected chi connectivity index (χ4v) is 1.42. The van der Waals surface area contributed by atoms with E-state index in [2.05, 4.69) is 5.32 Å². The van der Waals surface area contributed by atoms with Gasteiger partial charge in [-0.2, -0.15) is 0 Å². The van der Waals surface area contributed by atoms with Crippen LogP contribution >= 0.6 is 0 Å². The van der Waals surface area contributed by atoms with Crippen molar-refractivity contribution in [3.8, 4) is 0 Å². The maximum Gasteiger partial charge on any atom is 0.317 e. The molecule has 4 nitrogen and oxygen atoms in total. The second kappa shape index (κ2) is 6.65. The molecule has 0 aromatic carbocycles. The van der Waals surface area contributed by atoms with E-state index in [0.29, 0.717) is 13.2 Å². The Morgan fingerprint density at radius 3 is 2.14 bits per heavy atom. The maximum atomic E-state index is 11.7. The van der Waals surface area contributed by atoms with E-state index in [1.165, 1.54) is 0 Å². The summed E-state index contributed by atoms with van der Waals surface area (Å²) >= 11 is 0. The minimum absolute atomic E-state index is 0.0212. The molecule has 0 saturated carbocycles. The summed E-state index contributed by atoms with van der Waals surface area (Å²) in [6, 6.07) is 0.419. The third kappa shape index (κ3) is 4.46. The van der Waals surface area contributed by atoms with E-state index in [1.54, 1.807) is 7.11 Å². The molecule has 0 saturated heterocycles. The Kier molecular flexibility index (Phi) is 6.28. The molecule has 84 valence electrons. The summed E-state index contributed by atoms with van der Waals surface area (Å²) in [5.74, 6) is 0. The lowest BCUT2D eigenvalue weighted by Gasteiger charge is -2.30. The van der Waals surface area contributed by atoms with Crippen molar-refractivity contribution >= 4 is 6.03 Å². The lowest BCUT2D eigenvalue weighted by Crippen LogP contribution is -2.48. The molecule has 1 N–H and O–H groups in total. The minimum Gasteiger partial charge on any atom is -0.383 e. The van der Waals surface area contributed by atoms with Crippen LogP contribution in [0.1, 0.15) is 27.7 Å². The largest absolute Gasteiger partial charge is 0.383 e. The van der Waals surface area contributed by atoms with Crippen molar-refractivity contribution in [2.24, 2.45) is 0 Å². The molecule has 0 spiro atoms. The molecule has 0 unspecified atom stereocenters. The number of amides is 2. The van der Waals surface area contributed by atoms with Gasteiger partial charge in [-0.15, -0.1) is 0 Å². The molecule has 2 amide bonds. The van der Waals surface area contributed by atoms with Crippen LogP contribution in [0.5, 0.6) is 0 Å². The summed E-state index contributed by atoms with van der Waals surface area (Å²) < 4.78 is 4.86. The van der Waals surface area contributed by atoms with Gasteiger partial charge in [0.05, 0.1) is 6.61 Å². The average Bonchev–Trinajstić information content (AvgIpc) is 2.03. The molecule has 0 aliphatic carbocycles. The van der Waals surface area contributed by atoms with E-state index in [-0.39, 0.29) is 18.1 Å². The minimum atomic E-state index is -0.0212. The summed E-state index contributed by atoms with van der Waals surface area (Å²) in [6.45, 7) is 9.15. The quantitative estimate of drug-likeness (QED) is 0.686. The van der Waals surface area contributed by atoms with E-state index in [0.717, 1.165) is 0 Å². The van der Waals surface area contributed by atoms with Crippen LogP contribution < -0.4 is 5.32 Å². The monoisotopic (exact) mass is 202 g/mol. The van der Waals surface area contributed by atoms with Crippen LogP contribution in [0.25, 0.3) is 0 Å². The molecular weight excluding hydrogens is 180 g/mol. The smallest absolute Gasteiger partial charge is 0.317 e. The first kappa shape index (κ1) is 13.2. The molecule has 0 aromatic rings. The van der Waals surface area contributed by atoms with Gasteiger partial charge in [-0.05, 0) is 27.7 Å². The van der Waals surface area contributed by atoms with E-state index in [4.69, 9.17) is 4.74 Å². The Labute approximate surface area is 86.6 Å². The molecule has 0 bridgehead atoms. The normalized spacial score (nSPS) is 10.8. The molecule has 0 aromatic heterocycles. The van der Waals surface area contributed by atoms with E-state index >= 15 is 0 Å². The average molecular weight is 202 g/mol. The fraction of sp³-hybridized carbons (Fsp3) is 0.900. The Morgan fingerprint density at radius 1 is 1.29 bits per heavy atom. The predicted molar refractivity (Wildman–Crippen MR) is 57.4 cm³/mol. The molecule has 0 heterocycles. The number of urea groups is 1. The molecule has 0 radical (unpaired) electrons. The highest BCUT2D eigenvalue weighted by molar-refractivity contribution is 5.74.